The predicted molar refractivity (Wildman–Crippen MR) is 110 cm³/mol. The van der Waals surface area contributed by atoms with Crippen molar-refractivity contribution in [3.05, 3.63) is 40.6 Å². The molecule has 0 unspecified atom stereocenters. The van der Waals surface area contributed by atoms with E-state index in [0.717, 1.165) is 16.6 Å². The van der Waals surface area contributed by atoms with Crippen molar-refractivity contribution >= 4 is 35.0 Å². The third kappa shape index (κ3) is 5.72. The summed E-state index contributed by atoms with van der Waals surface area (Å²) < 4.78 is 10.5. The van der Waals surface area contributed by atoms with E-state index in [-0.39, 0.29) is 5.75 Å². The minimum absolute atomic E-state index is 0.00344. The molecule has 0 radical (unpaired) electrons. The van der Waals surface area contributed by atoms with Crippen LogP contribution in [0.1, 0.15) is 4.88 Å². The van der Waals surface area contributed by atoms with Crippen molar-refractivity contribution in [3.8, 4) is 22.9 Å². The molecule has 3 N–H and O–H groups in total. The number of carbonyl (C=O) groups is 2. The third-order valence-corrected chi connectivity index (χ3v) is 5.44. The van der Waals surface area contributed by atoms with E-state index in [1.54, 1.807) is 32.4 Å². The van der Waals surface area contributed by atoms with Crippen LogP contribution in [-0.4, -0.2) is 47.1 Å². The molecule has 29 heavy (non-hydrogen) atoms. The van der Waals surface area contributed by atoms with Gasteiger partial charge in [0, 0.05) is 10.9 Å². The summed E-state index contributed by atoms with van der Waals surface area (Å²) in [5.74, 6) is 1.31. The van der Waals surface area contributed by atoms with Crippen LogP contribution >= 0.6 is 23.1 Å². The molecular formula is C18H19N5O4S2. The molecule has 1 aromatic carbocycles. The van der Waals surface area contributed by atoms with E-state index < -0.39 is 11.9 Å². The quantitative estimate of drug-likeness (QED) is 0.467. The van der Waals surface area contributed by atoms with Crippen LogP contribution in [0.5, 0.6) is 11.5 Å². The molecule has 0 fully saturated rings. The number of H-pyrrole nitrogens is 1. The zero-order valence-electron chi connectivity index (χ0n) is 15.7. The highest BCUT2D eigenvalue weighted by Crippen LogP contribution is 2.31. The van der Waals surface area contributed by atoms with E-state index >= 15 is 0 Å². The molecule has 0 saturated carbocycles. The van der Waals surface area contributed by atoms with E-state index in [0.29, 0.717) is 34.6 Å². The SMILES string of the molecule is COc1ccc(-c2nc(SCC(=O)NC(=O)NCc3cccs3)n[nH]2)c(OC)c1. The molecule has 0 bridgehead atoms. The fourth-order valence-corrected chi connectivity index (χ4v) is 3.59. The number of amides is 3. The molecule has 2 heterocycles. The lowest BCUT2D eigenvalue weighted by molar-refractivity contribution is -0.117. The van der Waals surface area contributed by atoms with Crippen LogP contribution in [-0.2, 0) is 11.3 Å². The highest BCUT2D eigenvalue weighted by atomic mass is 32.2. The summed E-state index contributed by atoms with van der Waals surface area (Å²) in [7, 11) is 3.13. The van der Waals surface area contributed by atoms with E-state index in [9.17, 15) is 9.59 Å². The monoisotopic (exact) mass is 433 g/mol. The summed E-state index contributed by atoms with van der Waals surface area (Å²) in [6.45, 7) is 0.373. The number of urea groups is 1. The first-order valence-corrected chi connectivity index (χ1v) is 10.3. The molecular weight excluding hydrogens is 414 g/mol. The fraction of sp³-hybridized carbons (Fsp3) is 0.222. The largest absolute Gasteiger partial charge is 0.497 e. The molecule has 9 nitrogen and oxygen atoms in total. The van der Waals surface area contributed by atoms with Gasteiger partial charge in [0.1, 0.15) is 11.5 Å². The number of rotatable bonds is 8. The molecule has 3 amide bonds. The third-order valence-electron chi connectivity index (χ3n) is 3.72. The van der Waals surface area contributed by atoms with Gasteiger partial charge in [0.15, 0.2) is 5.82 Å². The van der Waals surface area contributed by atoms with Crippen molar-refractivity contribution in [1.29, 1.82) is 0 Å². The number of thiophene rings is 1. The van der Waals surface area contributed by atoms with Gasteiger partial charge in [-0.05, 0) is 23.6 Å². The van der Waals surface area contributed by atoms with Gasteiger partial charge < -0.3 is 14.8 Å². The molecule has 3 rings (SSSR count). The van der Waals surface area contributed by atoms with Crippen molar-refractivity contribution in [1.82, 2.24) is 25.8 Å². The molecule has 0 atom stereocenters. The van der Waals surface area contributed by atoms with Crippen LogP contribution in [0.2, 0.25) is 0 Å². The van der Waals surface area contributed by atoms with Crippen LogP contribution in [0.3, 0.4) is 0 Å². The zero-order valence-corrected chi connectivity index (χ0v) is 17.4. The maximum Gasteiger partial charge on any atom is 0.321 e. The van der Waals surface area contributed by atoms with Crippen molar-refractivity contribution in [2.45, 2.75) is 11.7 Å². The Labute approximate surface area is 175 Å². The fourth-order valence-electron chi connectivity index (χ4n) is 2.34. The number of ether oxygens (including phenoxy) is 2. The summed E-state index contributed by atoms with van der Waals surface area (Å²) in [5, 5.41) is 14.1. The van der Waals surface area contributed by atoms with Crippen molar-refractivity contribution in [3.63, 3.8) is 0 Å². The van der Waals surface area contributed by atoms with Crippen LogP contribution in [0.4, 0.5) is 4.79 Å². The summed E-state index contributed by atoms with van der Waals surface area (Å²) in [5.41, 5.74) is 0.713. The molecule has 0 aliphatic rings. The van der Waals surface area contributed by atoms with Crippen molar-refractivity contribution < 1.29 is 19.1 Å². The number of benzene rings is 1. The summed E-state index contributed by atoms with van der Waals surface area (Å²) >= 11 is 2.64. The van der Waals surface area contributed by atoms with Gasteiger partial charge in [-0.25, -0.2) is 9.78 Å². The molecule has 3 aromatic rings. The lowest BCUT2D eigenvalue weighted by Crippen LogP contribution is -2.39. The molecule has 2 aromatic heterocycles. The van der Waals surface area contributed by atoms with Crippen LogP contribution in [0.15, 0.2) is 40.9 Å². The number of thioether (sulfide) groups is 1. The second kappa shape index (κ2) is 9.94. The Morgan fingerprint density at radius 2 is 2.10 bits per heavy atom. The Bertz CT molecular complexity index is 975. The molecule has 0 aliphatic heterocycles. The molecule has 152 valence electrons. The summed E-state index contributed by atoms with van der Waals surface area (Å²) in [6, 6.07) is 8.59. The number of nitrogens with zero attached hydrogens (tertiary/aromatic N) is 2. The first kappa shape index (κ1) is 20.7. The Morgan fingerprint density at radius 3 is 2.83 bits per heavy atom. The van der Waals surface area contributed by atoms with E-state index in [1.165, 1.54) is 11.3 Å². The topological polar surface area (TPSA) is 118 Å². The van der Waals surface area contributed by atoms with Crippen molar-refractivity contribution in [2.24, 2.45) is 0 Å². The number of methoxy groups -OCH3 is 2. The molecule has 11 heteroatoms. The summed E-state index contributed by atoms with van der Waals surface area (Å²) in [6.07, 6.45) is 0. The van der Waals surface area contributed by atoms with E-state index in [2.05, 4.69) is 25.8 Å². The predicted octanol–water partition coefficient (Wildman–Crippen LogP) is 2.67. The second-order valence-electron chi connectivity index (χ2n) is 5.63. The number of aromatic amines is 1. The Kier molecular flexibility index (Phi) is 7.09. The number of aromatic nitrogens is 3. The van der Waals surface area contributed by atoms with Gasteiger partial charge in [0.05, 0.1) is 32.1 Å². The van der Waals surface area contributed by atoms with Gasteiger partial charge in [-0.1, -0.05) is 17.8 Å². The van der Waals surface area contributed by atoms with Crippen LogP contribution < -0.4 is 20.1 Å². The zero-order chi connectivity index (χ0) is 20.6. The second-order valence-corrected chi connectivity index (χ2v) is 7.61. The molecule has 0 saturated heterocycles. The number of hydrogen-bond acceptors (Lipinski definition) is 8. The number of carbonyl (C=O) groups excluding carboxylic acids is 2. The highest BCUT2D eigenvalue weighted by molar-refractivity contribution is 7.99. The maximum absolute atomic E-state index is 11.9. The number of hydrogen-bond donors (Lipinski definition) is 3. The minimum atomic E-state index is -0.539. The average Bonchev–Trinajstić information content (AvgIpc) is 3.42. The smallest absolute Gasteiger partial charge is 0.321 e. The van der Waals surface area contributed by atoms with Crippen LogP contribution in [0.25, 0.3) is 11.4 Å². The first-order valence-electron chi connectivity index (χ1n) is 8.46. The van der Waals surface area contributed by atoms with Gasteiger partial charge in [-0.15, -0.1) is 16.4 Å². The molecule has 0 aliphatic carbocycles. The van der Waals surface area contributed by atoms with E-state index in [1.807, 2.05) is 17.5 Å². The van der Waals surface area contributed by atoms with E-state index in [4.69, 9.17) is 9.47 Å². The highest BCUT2D eigenvalue weighted by Gasteiger charge is 2.14. The molecule has 0 spiro atoms. The maximum atomic E-state index is 11.9. The van der Waals surface area contributed by atoms with Crippen LogP contribution in [0, 0.1) is 0 Å². The van der Waals surface area contributed by atoms with Gasteiger partial charge >= 0.3 is 6.03 Å². The lowest BCUT2D eigenvalue weighted by atomic mass is 10.2. The van der Waals surface area contributed by atoms with Gasteiger partial charge in [-0.3, -0.25) is 15.2 Å². The van der Waals surface area contributed by atoms with Gasteiger partial charge in [0.2, 0.25) is 11.1 Å². The first-order chi connectivity index (χ1) is 14.1. The standard InChI is InChI=1S/C18H19N5O4S2/c1-26-11-5-6-13(14(8-11)27-2)16-21-18(23-22-16)29-10-15(24)20-17(25)19-9-12-4-3-7-28-12/h3-8H,9-10H2,1-2H3,(H,21,22,23)(H2,19,20,24,25). The Balaban J connectivity index is 1.51. The summed E-state index contributed by atoms with van der Waals surface area (Å²) in [4.78, 5) is 29.1. The normalized spacial score (nSPS) is 10.4. The lowest BCUT2D eigenvalue weighted by Gasteiger charge is -2.07. The number of nitrogens with one attached hydrogen (secondary N) is 3. The van der Waals surface area contributed by atoms with Gasteiger partial charge in [-0.2, -0.15) is 0 Å². The average molecular weight is 434 g/mol. The van der Waals surface area contributed by atoms with Crippen molar-refractivity contribution in [2.75, 3.05) is 20.0 Å². The van der Waals surface area contributed by atoms with Gasteiger partial charge in [0.25, 0.3) is 0 Å². The minimum Gasteiger partial charge on any atom is -0.497 e. The Hall–Kier alpha value is -3.05. The Morgan fingerprint density at radius 1 is 1.24 bits per heavy atom. The number of imide groups is 1.